The number of aromatic nitrogens is 4. The van der Waals surface area contributed by atoms with E-state index in [0.717, 1.165) is 6.42 Å². The first-order chi connectivity index (χ1) is 13.4. The molecule has 150 valence electrons. The average molecular weight is 404 g/mol. The first-order valence-corrected chi connectivity index (χ1v) is 10.4. The molecule has 28 heavy (non-hydrogen) atoms. The van der Waals surface area contributed by atoms with E-state index in [9.17, 15) is 9.59 Å². The summed E-state index contributed by atoms with van der Waals surface area (Å²) in [5.74, 6) is 0.745. The van der Waals surface area contributed by atoms with Gasteiger partial charge in [0, 0.05) is 12.6 Å². The summed E-state index contributed by atoms with van der Waals surface area (Å²) in [6.07, 6.45) is 2.43. The summed E-state index contributed by atoms with van der Waals surface area (Å²) in [6.45, 7) is 8.57. The van der Waals surface area contributed by atoms with Gasteiger partial charge >= 0.3 is 0 Å². The predicted molar refractivity (Wildman–Crippen MR) is 109 cm³/mol. The highest BCUT2D eigenvalue weighted by Crippen LogP contribution is 2.21. The van der Waals surface area contributed by atoms with Gasteiger partial charge in [-0.1, -0.05) is 18.7 Å². The number of nitrogens with zero attached hydrogens (tertiary/aromatic N) is 4. The Morgan fingerprint density at radius 2 is 2.18 bits per heavy atom. The Morgan fingerprint density at radius 3 is 2.82 bits per heavy atom. The molecule has 1 N–H and O–H groups in total. The summed E-state index contributed by atoms with van der Waals surface area (Å²) < 4.78 is 8.64. The Labute approximate surface area is 167 Å². The lowest BCUT2D eigenvalue weighted by Crippen LogP contribution is -2.33. The Bertz CT molecular complexity index is 1020. The largest absolute Gasteiger partial charge is 0.467 e. The van der Waals surface area contributed by atoms with E-state index < -0.39 is 0 Å². The lowest BCUT2D eigenvalue weighted by Gasteiger charge is -2.13. The number of hydrogen-bond acceptors (Lipinski definition) is 6. The molecule has 3 aromatic rings. The van der Waals surface area contributed by atoms with E-state index in [0.29, 0.717) is 34.2 Å². The van der Waals surface area contributed by atoms with Crippen molar-refractivity contribution in [2.24, 2.45) is 0 Å². The molecule has 9 heteroatoms. The number of rotatable bonds is 8. The highest BCUT2D eigenvalue weighted by atomic mass is 32.2. The Morgan fingerprint density at radius 1 is 1.39 bits per heavy atom. The van der Waals surface area contributed by atoms with E-state index in [4.69, 9.17) is 4.42 Å². The third kappa shape index (κ3) is 4.14. The SMILES string of the molecule is CC[C@@H](C)NC(=O)CSc1nc2c(C)nn(CC)c2c(=O)n1Cc1ccco1. The van der Waals surface area contributed by atoms with Gasteiger partial charge < -0.3 is 9.73 Å². The van der Waals surface area contributed by atoms with Crippen LogP contribution in [0.2, 0.25) is 0 Å². The molecule has 3 heterocycles. The number of thioether (sulfide) groups is 1. The summed E-state index contributed by atoms with van der Waals surface area (Å²) in [5, 5.41) is 7.83. The maximum Gasteiger partial charge on any atom is 0.280 e. The van der Waals surface area contributed by atoms with Crippen molar-refractivity contribution in [2.45, 2.75) is 58.4 Å². The molecule has 8 nitrogen and oxygen atoms in total. The van der Waals surface area contributed by atoms with Gasteiger partial charge in [-0.3, -0.25) is 18.8 Å². The van der Waals surface area contributed by atoms with Crippen LogP contribution >= 0.6 is 11.8 Å². The van der Waals surface area contributed by atoms with Crippen LogP contribution in [0, 0.1) is 6.92 Å². The minimum absolute atomic E-state index is 0.0841. The zero-order chi connectivity index (χ0) is 20.3. The van der Waals surface area contributed by atoms with Crippen molar-refractivity contribution < 1.29 is 9.21 Å². The van der Waals surface area contributed by atoms with Crippen LogP contribution in [0.15, 0.2) is 32.8 Å². The molecular formula is C19H25N5O3S. The number of aryl methyl sites for hydroxylation is 2. The molecule has 0 fully saturated rings. The van der Waals surface area contributed by atoms with Gasteiger partial charge in [-0.05, 0) is 39.3 Å². The summed E-state index contributed by atoms with van der Waals surface area (Å²) >= 11 is 1.25. The lowest BCUT2D eigenvalue weighted by molar-refractivity contribution is -0.119. The Balaban J connectivity index is 2.00. The van der Waals surface area contributed by atoms with Crippen LogP contribution < -0.4 is 10.9 Å². The topological polar surface area (TPSA) is 95.0 Å². The van der Waals surface area contributed by atoms with E-state index in [2.05, 4.69) is 15.4 Å². The molecule has 3 rings (SSSR count). The van der Waals surface area contributed by atoms with Crippen molar-refractivity contribution in [3.05, 3.63) is 40.2 Å². The van der Waals surface area contributed by atoms with Gasteiger partial charge in [0.1, 0.15) is 11.3 Å². The van der Waals surface area contributed by atoms with Crippen LogP contribution in [-0.2, 0) is 17.9 Å². The van der Waals surface area contributed by atoms with E-state index in [1.54, 1.807) is 21.6 Å². The molecule has 1 atom stereocenters. The second-order valence-electron chi connectivity index (χ2n) is 6.63. The first kappa shape index (κ1) is 20.2. The standard InChI is InChI=1S/C19H25N5O3S/c1-5-12(3)20-15(25)11-28-19-21-16-13(4)22-24(6-2)17(16)18(26)23(19)10-14-8-7-9-27-14/h7-9,12H,5-6,10-11H2,1-4H3,(H,20,25)/t12-/m1/s1. The van der Waals surface area contributed by atoms with Crippen LogP contribution in [0.25, 0.3) is 11.0 Å². The van der Waals surface area contributed by atoms with Crippen molar-refractivity contribution in [1.29, 1.82) is 0 Å². The smallest absolute Gasteiger partial charge is 0.280 e. The highest BCUT2D eigenvalue weighted by molar-refractivity contribution is 7.99. The Hall–Kier alpha value is -2.55. The van der Waals surface area contributed by atoms with Crippen molar-refractivity contribution in [2.75, 3.05) is 5.75 Å². The van der Waals surface area contributed by atoms with Gasteiger partial charge in [0.15, 0.2) is 10.7 Å². The summed E-state index contributed by atoms with van der Waals surface area (Å²) in [4.78, 5) is 30.1. The number of amides is 1. The number of carbonyl (C=O) groups is 1. The molecule has 0 spiro atoms. The second-order valence-corrected chi connectivity index (χ2v) is 7.57. The van der Waals surface area contributed by atoms with Crippen molar-refractivity contribution in [3.8, 4) is 0 Å². The van der Waals surface area contributed by atoms with Gasteiger partial charge in [-0.15, -0.1) is 0 Å². The molecule has 0 aliphatic rings. The number of furan rings is 1. The number of nitrogens with one attached hydrogen (secondary N) is 1. The molecule has 0 saturated carbocycles. The van der Waals surface area contributed by atoms with E-state index in [1.807, 2.05) is 33.8 Å². The molecule has 0 aliphatic carbocycles. The zero-order valence-electron chi connectivity index (χ0n) is 16.6. The van der Waals surface area contributed by atoms with Crippen molar-refractivity contribution in [3.63, 3.8) is 0 Å². The van der Waals surface area contributed by atoms with Gasteiger partial charge in [0.2, 0.25) is 5.91 Å². The molecule has 0 saturated heterocycles. The molecule has 0 aromatic carbocycles. The molecule has 3 aromatic heterocycles. The molecular weight excluding hydrogens is 378 g/mol. The van der Waals surface area contributed by atoms with Gasteiger partial charge in [0.25, 0.3) is 5.56 Å². The molecule has 0 unspecified atom stereocenters. The minimum atomic E-state index is -0.186. The quantitative estimate of drug-likeness (QED) is 0.459. The van der Waals surface area contributed by atoms with Gasteiger partial charge in [-0.25, -0.2) is 4.98 Å². The number of carbonyl (C=O) groups excluding carboxylic acids is 1. The highest BCUT2D eigenvalue weighted by Gasteiger charge is 2.19. The van der Waals surface area contributed by atoms with Crippen LogP contribution in [0.5, 0.6) is 0 Å². The second kappa shape index (κ2) is 8.64. The predicted octanol–water partition coefficient (Wildman–Crippen LogP) is 2.57. The minimum Gasteiger partial charge on any atom is -0.467 e. The molecule has 1 amide bonds. The zero-order valence-corrected chi connectivity index (χ0v) is 17.4. The van der Waals surface area contributed by atoms with E-state index in [-0.39, 0.29) is 29.8 Å². The molecule has 0 aliphatic heterocycles. The van der Waals surface area contributed by atoms with Crippen LogP contribution in [0.1, 0.15) is 38.6 Å². The monoisotopic (exact) mass is 403 g/mol. The normalized spacial score (nSPS) is 12.4. The van der Waals surface area contributed by atoms with Gasteiger partial charge in [0.05, 0.1) is 24.3 Å². The average Bonchev–Trinajstić information content (AvgIpc) is 3.30. The van der Waals surface area contributed by atoms with Crippen LogP contribution in [-0.4, -0.2) is 37.0 Å². The third-order valence-electron chi connectivity index (χ3n) is 4.53. The third-order valence-corrected chi connectivity index (χ3v) is 5.50. The van der Waals surface area contributed by atoms with Crippen LogP contribution in [0.3, 0.4) is 0 Å². The summed E-state index contributed by atoms with van der Waals surface area (Å²) in [6, 6.07) is 3.70. The fraction of sp³-hybridized carbons (Fsp3) is 0.474. The maximum atomic E-state index is 13.2. The molecule has 0 radical (unpaired) electrons. The molecule has 0 bridgehead atoms. The van der Waals surface area contributed by atoms with E-state index in [1.165, 1.54) is 11.8 Å². The van der Waals surface area contributed by atoms with Gasteiger partial charge in [-0.2, -0.15) is 5.10 Å². The van der Waals surface area contributed by atoms with Crippen molar-refractivity contribution in [1.82, 2.24) is 24.6 Å². The lowest BCUT2D eigenvalue weighted by atomic mass is 10.3. The summed E-state index contributed by atoms with van der Waals surface area (Å²) in [5.41, 5.74) is 1.56. The summed E-state index contributed by atoms with van der Waals surface area (Å²) in [7, 11) is 0. The number of fused-ring (bicyclic) bond motifs is 1. The van der Waals surface area contributed by atoms with Crippen molar-refractivity contribution >= 4 is 28.7 Å². The maximum absolute atomic E-state index is 13.2. The first-order valence-electron chi connectivity index (χ1n) is 9.37. The number of hydrogen-bond donors (Lipinski definition) is 1. The fourth-order valence-corrected chi connectivity index (χ4v) is 3.68. The fourth-order valence-electron chi connectivity index (χ4n) is 2.87. The Kier molecular flexibility index (Phi) is 6.23. The van der Waals surface area contributed by atoms with Crippen LogP contribution in [0.4, 0.5) is 0 Å². The van der Waals surface area contributed by atoms with E-state index >= 15 is 0 Å².